The summed E-state index contributed by atoms with van der Waals surface area (Å²) >= 11 is 0. The van der Waals surface area contributed by atoms with Crippen LogP contribution in [-0.4, -0.2) is 87.1 Å². The summed E-state index contributed by atoms with van der Waals surface area (Å²) in [5.41, 5.74) is 2.87. The number of amides is 1. The van der Waals surface area contributed by atoms with Crippen molar-refractivity contribution in [3.05, 3.63) is 48.3 Å². The van der Waals surface area contributed by atoms with Crippen molar-refractivity contribution in [3.63, 3.8) is 0 Å². The van der Waals surface area contributed by atoms with E-state index in [1.165, 1.54) is 0 Å². The zero-order valence-electron chi connectivity index (χ0n) is 23.1. The first-order valence-electron chi connectivity index (χ1n) is 14.3. The number of aryl methyl sites for hydroxylation is 1. The molecular formula is C29H38N8O3. The van der Waals surface area contributed by atoms with Gasteiger partial charge in [0.15, 0.2) is 5.82 Å². The smallest absolute Gasteiger partial charge is 0.410 e. The minimum atomic E-state index is -0.228. The van der Waals surface area contributed by atoms with Gasteiger partial charge in [-0.1, -0.05) is 12.7 Å². The first-order chi connectivity index (χ1) is 19.6. The zero-order chi connectivity index (χ0) is 27.5. The van der Waals surface area contributed by atoms with E-state index in [1.54, 1.807) is 6.08 Å². The average molecular weight is 547 g/mol. The van der Waals surface area contributed by atoms with Crippen molar-refractivity contribution in [2.45, 2.75) is 63.7 Å². The van der Waals surface area contributed by atoms with Crippen molar-refractivity contribution in [1.29, 1.82) is 0 Å². The number of morpholine rings is 1. The normalized spacial score (nSPS) is 23.1. The fourth-order valence-corrected chi connectivity index (χ4v) is 6.23. The van der Waals surface area contributed by atoms with Gasteiger partial charge in [0.1, 0.15) is 18.2 Å². The summed E-state index contributed by atoms with van der Waals surface area (Å²) in [6, 6.07) is 8.65. The number of nitrogens with one attached hydrogen (secondary N) is 3. The third-order valence-corrected chi connectivity index (χ3v) is 8.05. The lowest BCUT2D eigenvalue weighted by molar-refractivity contribution is 0.0241. The van der Waals surface area contributed by atoms with Gasteiger partial charge in [-0.05, 0) is 51.2 Å². The second-order valence-electron chi connectivity index (χ2n) is 11.0. The van der Waals surface area contributed by atoms with E-state index in [-0.39, 0.29) is 30.8 Å². The van der Waals surface area contributed by atoms with Crippen molar-refractivity contribution < 1.29 is 14.3 Å². The molecule has 3 atom stereocenters. The standard InChI is InChI=1S/C29H38N8O3/c1-3-11-40-29(38)37-22-5-4-6-23(37)16-21(15-22)31-28-24-8-7-20(18-36-9-12-39-13-10-36)30-25(24)17-26(33-28)32-27-14-19(2)34-35-27/h3,7-8,14,17,21-23H,1,4-6,9-13,15-16,18H2,2H3,(H3,31,32,33,34,35)/t21?,22-,23+. The van der Waals surface area contributed by atoms with Crippen LogP contribution >= 0.6 is 0 Å². The van der Waals surface area contributed by atoms with Crippen LogP contribution in [0.4, 0.5) is 22.2 Å². The van der Waals surface area contributed by atoms with Gasteiger partial charge in [-0.2, -0.15) is 5.10 Å². The highest BCUT2D eigenvalue weighted by Gasteiger charge is 2.41. The van der Waals surface area contributed by atoms with Gasteiger partial charge >= 0.3 is 6.09 Å². The number of fused-ring (bicyclic) bond motifs is 3. The van der Waals surface area contributed by atoms with Crippen molar-refractivity contribution in [1.82, 2.24) is 30.0 Å². The highest BCUT2D eigenvalue weighted by Crippen LogP contribution is 2.37. The lowest BCUT2D eigenvalue weighted by Gasteiger charge is -2.48. The van der Waals surface area contributed by atoms with Gasteiger partial charge in [0, 0.05) is 61.0 Å². The van der Waals surface area contributed by atoms with Crippen molar-refractivity contribution in [2.24, 2.45) is 0 Å². The molecule has 6 rings (SSSR count). The molecule has 3 N–H and O–H groups in total. The number of hydrogen-bond donors (Lipinski definition) is 3. The first kappa shape index (κ1) is 26.5. The molecule has 212 valence electrons. The summed E-state index contributed by atoms with van der Waals surface area (Å²) in [5, 5.41) is 15.4. The number of piperidine rings is 2. The van der Waals surface area contributed by atoms with Crippen molar-refractivity contribution in [3.8, 4) is 0 Å². The lowest BCUT2D eigenvalue weighted by atomic mass is 9.82. The Labute approximate surface area is 234 Å². The Morgan fingerprint density at radius 2 is 1.98 bits per heavy atom. The predicted molar refractivity (Wildman–Crippen MR) is 154 cm³/mol. The van der Waals surface area contributed by atoms with Gasteiger partial charge in [-0.25, -0.2) is 9.78 Å². The van der Waals surface area contributed by atoms with Gasteiger partial charge in [0.2, 0.25) is 0 Å². The molecule has 1 amide bonds. The second-order valence-corrected chi connectivity index (χ2v) is 11.0. The maximum Gasteiger partial charge on any atom is 0.410 e. The van der Waals surface area contributed by atoms with Crippen LogP contribution in [-0.2, 0) is 16.0 Å². The van der Waals surface area contributed by atoms with Gasteiger partial charge in [0.25, 0.3) is 0 Å². The number of pyridine rings is 2. The van der Waals surface area contributed by atoms with Gasteiger partial charge in [0.05, 0.1) is 24.4 Å². The number of aromatic amines is 1. The molecule has 0 aromatic carbocycles. The largest absolute Gasteiger partial charge is 0.445 e. The van der Waals surface area contributed by atoms with E-state index in [0.717, 1.165) is 93.1 Å². The Bertz CT molecular complexity index is 1340. The monoisotopic (exact) mass is 546 g/mol. The Morgan fingerprint density at radius 3 is 2.70 bits per heavy atom. The molecule has 1 unspecified atom stereocenters. The average Bonchev–Trinajstić information content (AvgIpc) is 3.35. The number of carbonyl (C=O) groups excluding carboxylic acids is 1. The molecule has 6 heterocycles. The van der Waals surface area contributed by atoms with E-state index in [0.29, 0.717) is 11.6 Å². The molecule has 3 aliphatic rings. The molecule has 0 spiro atoms. The van der Waals surface area contributed by atoms with E-state index in [4.69, 9.17) is 19.4 Å². The van der Waals surface area contributed by atoms with E-state index < -0.39 is 0 Å². The summed E-state index contributed by atoms with van der Waals surface area (Å²) in [7, 11) is 0. The van der Waals surface area contributed by atoms with Crippen molar-refractivity contribution >= 4 is 34.4 Å². The third kappa shape index (κ3) is 5.90. The summed E-state index contributed by atoms with van der Waals surface area (Å²) in [6.07, 6.45) is 6.19. The van der Waals surface area contributed by atoms with Crippen molar-refractivity contribution in [2.75, 3.05) is 43.5 Å². The molecule has 3 aromatic heterocycles. The topological polar surface area (TPSA) is 121 Å². The van der Waals surface area contributed by atoms with E-state index in [9.17, 15) is 4.79 Å². The molecule has 11 heteroatoms. The minimum absolute atomic E-state index is 0.153. The molecule has 0 saturated carbocycles. The number of nitrogens with zero attached hydrogens (tertiary/aromatic N) is 5. The fourth-order valence-electron chi connectivity index (χ4n) is 6.23. The van der Waals surface area contributed by atoms with Crippen LogP contribution in [0.5, 0.6) is 0 Å². The zero-order valence-corrected chi connectivity index (χ0v) is 23.1. The van der Waals surface area contributed by atoms with Gasteiger partial charge in [-0.15, -0.1) is 0 Å². The minimum Gasteiger partial charge on any atom is -0.445 e. The molecule has 40 heavy (non-hydrogen) atoms. The number of aromatic nitrogens is 4. The van der Waals surface area contributed by atoms with Crippen LogP contribution in [0, 0.1) is 6.92 Å². The SMILES string of the molecule is C=CCOC(=O)N1[C@@H]2CCC[C@H]1CC(Nc1nc(Nc3cc(C)[nH]n3)cc3nc(CN4CCOCC4)ccc13)C2. The number of rotatable bonds is 8. The highest BCUT2D eigenvalue weighted by atomic mass is 16.6. The van der Waals surface area contributed by atoms with Crippen LogP contribution in [0.2, 0.25) is 0 Å². The van der Waals surface area contributed by atoms with Gasteiger partial charge < -0.3 is 25.0 Å². The Kier molecular flexibility index (Phi) is 7.83. The number of H-pyrrole nitrogens is 1. The molecule has 3 aliphatic heterocycles. The highest BCUT2D eigenvalue weighted by molar-refractivity contribution is 5.91. The molecule has 3 aromatic rings. The Hall–Kier alpha value is -3.70. The van der Waals surface area contributed by atoms with E-state index >= 15 is 0 Å². The van der Waals surface area contributed by atoms with Gasteiger partial charge in [-0.3, -0.25) is 15.0 Å². The lowest BCUT2D eigenvalue weighted by Crippen LogP contribution is -2.57. The van der Waals surface area contributed by atoms with Crippen LogP contribution in [0.3, 0.4) is 0 Å². The molecule has 11 nitrogen and oxygen atoms in total. The molecule has 0 aliphatic carbocycles. The number of hydrogen-bond acceptors (Lipinski definition) is 9. The predicted octanol–water partition coefficient (Wildman–Crippen LogP) is 4.36. The Balaban J connectivity index is 1.26. The van der Waals surface area contributed by atoms with Crippen LogP contribution in [0.15, 0.2) is 36.9 Å². The quantitative estimate of drug-likeness (QED) is 0.354. The molecule has 0 radical (unpaired) electrons. The third-order valence-electron chi connectivity index (χ3n) is 8.05. The number of anilines is 3. The summed E-state index contributed by atoms with van der Waals surface area (Å²) in [5.74, 6) is 2.19. The van der Waals surface area contributed by atoms with Crippen LogP contribution in [0.25, 0.3) is 10.9 Å². The van der Waals surface area contributed by atoms with Crippen LogP contribution in [0.1, 0.15) is 43.5 Å². The van der Waals surface area contributed by atoms with Crippen LogP contribution < -0.4 is 10.6 Å². The van der Waals surface area contributed by atoms with E-state index in [2.05, 4.69) is 44.4 Å². The number of ether oxygens (including phenoxy) is 2. The molecule has 2 bridgehead atoms. The Morgan fingerprint density at radius 1 is 1.18 bits per heavy atom. The fraction of sp³-hybridized carbons (Fsp3) is 0.517. The molecule has 3 fully saturated rings. The summed E-state index contributed by atoms with van der Waals surface area (Å²) in [6.45, 7) is 10.0. The molecule has 3 saturated heterocycles. The van der Waals surface area contributed by atoms with E-state index in [1.807, 2.05) is 24.0 Å². The summed E-state index contributed by atoms with van der Waals surface area (Å²) < 4.78 is 10.9. The second kappa shape index (κ2) is 11.8. The summed E-state index contributed by atoms with van der Waals surface area (Å²) in [4.78, 5) is 27.1. The maximum absolute atomic E-state index is 12.8. The first-order valence-corrected chi connectivity index (χ1v) is 14.3. The molecular weight excluding hydrogens is 508 g/mol. The maximum atomic E-state index is 12.8. The number of carbonyl (C=O) groups is 1.